The fourth-order valence-electron chi connectivity index (χ4n) is 2.90. The quantitative estimate of drug-likeness (QED) is 0.645. The standard InChI is InChI=1S/C19H18O3/c1-4-21-19(20)18-13(3)22-12(2)17(18)16-11-7-9-14-8-5-6-10-15(14)16/h5-11H,4H2,1-3H3. The van der Waals surface area contributed by atoms with Gasteiger partial charge in [-0.3, -0.25) is 0 Å². The second-order valence-corrected chi connectivity index (χ2v) is 5.21. The van der Waals surface area contributed by atoms with Gasteiger partial charge in [0.05, 0.1) is 6.61 Å². The minimum Gasteiger partial charge on any atom is -0.465 e. The lowest BCUT2D eigenvalue weighted by Gasteiger charge is -2.08. The summed E-state index contributed by atoms with van der Waals surface area (Å²) in [6.07, 6.45) is 0. The molecule has 3 aromatic rings. The first kappa shape index (κ1) is 14.4. The molecule has 0 aliphatic heterocycles. The second-order valence-electron chi connectivity index (χ2n) is 5.21. The molecule has 0 amide bonds. The lowest BCUT2D eigenvalue weighted by Crippen LogP contribution is -2.06. The van der Waals surface area contributed by atoms with Crippen molar-refractivity contribution in [2.24, 2.45) is 0 Å². The van der Waals surface area contributed by atoms with Crippen LogP contribution in [0, 0.1) is 13.8 Å². The predicted octanol–water partition coefficient (Wildman–Crippen LogP) is 4.89. The third-order valence-electron chi connectivity index (χ3n) is 3.80. The SMILES string of the molecule is CCOC(=O)c1c(C)oc(C)c1-c1cccc2ccccc12. The molecule has 0 N–H and O–H groups in total. The largest absolute Gasteiger partial charge is 0.465 e. The Hall–Kier alpha value is -2.55. The number of fused-ring (bicyclic) bond motifs is 1. The van der Waals surface area contributed by atoms with Crippen molar-refractivity contribution in [2.45, 2.75) is 20.8 Å². The molecule has 3 nitrogen and oxygen atoms in total. The molecule has 3 rings (SSSR count). The molecule has 0 unspecified atom stereocenters. The van der Waals surface area contributed by atoms with Crippen molar-refractivity contribution in [3.05, 3.63) is 59.5 Å². The summed E-state index contributed by atoms with van der Waals surface area (Å²) in [5, 5.41) is 2.23. The van der Waals surface area contributed by atoms with E-state index in [0.29, 0.717) is 17.9 Å². The molecule has 1 aromatic heterocycles. The monoisotopic (exact) mass is 294 g/mol. The highest BCUT2D eigenvalue weighted by Gasteiger charge is 2.24. The van der Waals surface area contributed by atoms with Crippen molar-refractivity contribution in [3.8, 4) is 11.1 Å². The summed E-state index contributed by atoms with van der Waals surface area (Å²) >= 11 is 0. The van der Waals surface area contributed by atoms with E-state index in [-0.39, 0.29) is 5.97 Å². The Labute approximate surface area is 129 Å². The van der Waals surface area contributed by atoms with Crippen LogP contribution in [-0.4, -0.2) is 12.6 Å². The van der Waals surface area contributed by atoms with Crippen molar-refractivity contribution in [3.63, 3.8) is 0 Å². The van der Waals surface area contributed by atoms with E-state index in [1.54, 1.807) is 13.8 Å². The number of hydrogen-bond donors (Lipinski definition) is 0. The Kier molecular flexibility index (Phi) is 3.72. The number of benzene rings is 2. The Balaban J connectivity index is 2.29. The molecule has 112 valence electrons. The maximum absolute atomic E-state index is 12.3. The third-order valence-corrected chi connectivity index (χ3v) is 3.80. The fraction of sp³-hybridized carbons (Fsp3) is 0.211. The number of hydrogen-bond acceptors (Lipinski definition) is 3. The van der Waals surface area contributed by atoms with Crippen LogP contribution in [-0.2, 0) is 4.74 Å². The van der Waals surface area contributed by atoms with E-state index in [2.05, 4.69) is 18.2 Å². The molecule has 22 heavy (non-hydrogen) atoms. The van der Waals surface area contributed by atoms with E-state index < -0.39 is 0 Å². The number of ether oxygens (including phenoxy) is 1. The summed E-state index contributed by atoms with van der Waals surface area (Å²) in [4.78, 5) is 12.3. The van der Waals surface area contributed by atoms with Crippen molar-refractivity contribution in [2.75, 3.05) is 6.61 Å². The number of aryl methyl sites for hydroxylation is 2. The number of carbonyl (C=O) groups is 1. The van der Waals surface area contributed by atoms with Crippen LogP contribution < -0.4 is 0 Å². The van der Waals surface area contributed by atoms with Gasteiger partial charge in [-0.1, -0.05) is 42.5 Å². The van der Waals surface area contributed by atoms with E-state index in [1.165, 1.54) is 0 Å². The van der Waals surface area contributed by atoms with Crippen molar-refractivity contribution in [1.82, 2.24) is 0 Å². The van der Waals surface area contributed by atoms with Gasteiger partial charge < -0.3 is 9.15 Å². The lowest BCUT2D eigenvalue weighted by molar-refractivity contribution is 0.0525. The zero-order valence-electron chi connectivity index (χ0n) is 13.0. The van der Waals surface area contributed by atoms with Gasteiger partial charge in [-0.15, -0.1) is 0 Å². The highest BCUT2D eigenvalue weighted by Crippen LogP contribution is 2.36. The molecule has 0 aliphatic carbocycles. The van der Waals surface area contributed by atoms with Crippen LogP contribution in [0.4, 0.5) is 0 Å². The summed E-state index contributed by atoms with van der Waals surface area (Å²) in [6, 6.07) is 14.2. The summed E-state index contributed by atoms with van der Waals surface area (Å²) in [6.45, 7) is 5.83. The van der Waals surface area contributed by atoms with E-state index >= 15 is 0 Å². The average molecular weight is 294 g/mol. The van der Waals surface area contributed by atoms with Gasteiger partial charge in [0.1, 0.15) is 17.1 Å². The van der Waals surface area contributed by atoms with Crippen LogP contribution in [0.15, 0.2) is 46.9 Å². The number of furan rings is 1. The fourth-order valence-corrected chi connectivity index (χ4v) is 2.90. The van der Waals surface area contributed by atoms with Crippen LogP contribution in [0.2, 0.25) is 0 Å². The van der Waals surface area contributed by atoms with E-state index in [9.17, 15) is 4.79 Å². The Morgan fingerprint density at radius 1 is 1.05 bits per heavy atom. The molecule has 0 aliphatic rings. The van der Waals surface area contributed by atoms with Gasteiger partial charge >= 0.3 is 5.97 Å². The molecule has 3 heteroatoms. The predicted molar refractivity (Wildman–Crippen MR) is 87.1 cm³/mol. The molecule has 0 saturated carbocycles. The summed E-state index contributed by atoms with van der Waals surface area (Å²) in [5.74, 6) is 0.996. The van der Waals surface area contributed by atoms with Gasteiger partial charge in [0.2, 0.25) is 0 Å². The lowest BCUT2D eigenvalue weighted by atomic mass is 9.95. The van der Waals surface area contributed by atoms with Crippen LogP contribution in [0.1, 0.15) is 28.8 Å². The minimum atomic E-state index is -0.334. The first-order valence-corrected chi connectivity index (χ1v) is 7.38. The van der Waals surface area contributed by atoms with Gasteiger partial charge in [0, 0.05) is 5.56 Å². The van der Waals surface area contributed by atoms with E-state index in [4.69, 9.17) is 9.15 Å². The molecule has 0 radical (unpaired) electrons. The normalized spacial score (nSPS) is 10.9. The molecule has 0 atom stereocenters. The smallest absolute Gasteiger partial charge is 0.342 e. The number of rotatable bonds is 3. The maximum atomic E-state index is 12.3. The van der Waals surface area contributed by atoms with Gasteiger partial charge in [-0.05, 0) is 37.1 Å². The number of esters is 1. The minimum absolute atomic E-state index is 0.334. The van der Waals surface area contributed by atoms with Crippen molar-refractivity contribution >= 4 is 16.7 Å². The summed E-state index contributed by atoms with van der Waals surface area (Å²) < 4.78 is 10.9. The Morgan fingerprint density at radius 2 is 1.77 bits per heavy atom. The van der Waals surface area contributed by atoms with Gasteiger partial charge in [-0.25, -0.2) is 4.79 Å². The molecular formula is C19H18O3. The highest BCUT2D eigenvalue weighted by molar-refractivity contribution is 6.05. The zero-order chi connectivity index (χ0) is 15.7. The molecule has 0 fully saturated rings. The number of carbonyl (C=O) groups excluding carboxylic acids is 1. The van der Waals surface area contributed by atoms with Crippen LogP contribution in [0.3, 0.4) is 0 Å². The van der Waals surface area contributed by atoms with Gasteiger partial charge in [0.15, 0.2) is 0 Å². The zero-order valence-corrected chi connectivity index (χ0v) is 13.0. The van der Waals surface area contributed by atoms with Gasteiger partial charge in [-0.2, -0.15) is 0 Å². The molecular weight excluding hydrogens is 276 g/mol. The topological polar surface area (TPSA) is 39.4 Å². The molecule has 0 spiro atoms. The van der Waals surface area contributed by atoms with Crippen molar-refractivity contribution in [1.29, 1.82) is 0 Å². The Morgan fingerprint density at radius 3 is 2.55 bits per heavy atom. The highest BCUT2D eigenvalue weighted by atomic mass is 16.5. The maximum Gasteiger partial charge on any atom is 0.342 e. The van der Waals surface area contributed by atoms with Crippen LogP contribution in [0.25, 0.3) is 21.9 Å². The summed E-state index contributed by atoms with van der Waals surface area (Å²) in [7, 11) is 0. The van der Waals surface area contributed by atoms with E-state index in [1.807, 2.05) is 31.2 Å². The third kappa shape index (κ3) is 2.29. The molecule has 1 heterocycles. The summed E-state index contributed by atoms with van der Waals surface area (Å²) in [5.41, 5.74) is 2.35. The van der Waals surface area contributed by atoms with Crippen LogP contribution >= 0.6 is 0 Å². The Bertz CT molecular complexity index is 838. The van der Waals surface area contributed by atoms with E-state index in [0.717, 1.165) is 27.7 Å². The first-order valence-electron chi connectivity index (χ1n) is 7.38. The molecule has 0 bridgehead atoms. The second kappa shape index (κ2) is 5.68. The molecule has 2 aromatic carbocycles. The first-order chi connectivity index (χ1) is 10.6. The molecule has 0 saturated heterocycles. The van der Waals surface area contributed by atoms with Crippen molar-refractivity contribution < 1.29 is 13.9 Å². The average Bonchev–Trinajstić information content (AvgIpc) is 2.81. The van der Waals surface area contributed by atoms with Crippen LogP contribution in [0.5, 0.6) is 0 Å². The van der Waals surface area contributed by atoms with Gasteiger partial charge in [0.25, 0.3) is 0 Å².